The van der Waals surface area contributed by atoms with Crippen LogP contribution in [0, 0.1) is 11.3 Å². The van der Waals surface area contributed by atoms with E-state index in [-0.39, 0.29) is 18.2 Å². The summed E-state index contributed by atoms with van der Waals surface area (Å²) in [5.41, 5.74) is -6.49. The number of benzene rings is 1. The van der Waals surface area contributed by atoms with Crippen molar-refractivity contribution in [2.75, 3.05) is 6.61 Å². The third kappa shape index (κ3) is 6.04. The van der Waals surface area contributed by atoms with E-state index >= 15 is 0 Å². The number of alkyl halides is 9. The number of aromatic nitrogens is 2. The van der Waals surface area contributed by atoms with Gasteiger partial charge in [-0.2, -0.15) is 44.8 Å². The van der Waals surface area contributed by atoms with E-state index < -0.39 is 69.9 Å². The lowest BCUT2D eigenvalue weighted by Crippen LogP contribution is -2.13. The molecule has 3 rings (SSSR count). The number of carbonyl (C=O) groups is 1. The Morgan fingerprint density at radius 3 is 2.11 bits per heavy atom. The molecule has 1 aromatic carbocycles. The molecule has 5 nitrogen and oxygen atoms in total. The summed E-state index contributed by atoms with van der Waals surface area (Å²) in [5.74, 6) is -1.14. The first-order valence-corrected chi connectivity index (χ1v) is 10.2. The van der Waals surface area contributed by atoms with Crippen molar-refractivity contribution in [2.45, 2.75) is 32.0 Å². The second kappa shape index (κ2) is 9.79. The van der Waals surface area contributed by atoms with E-state index in [4.69, 9.17) is 0 Å². The third-order valence-electron chi connectivity index (χ3n) is 5.01. The maximum Gasteiger partial charge on any atom is 0.417 e. The lowest BCUT2D eigenvalue weighted by Gasteiger charge is -2.15. The van der Waals surface area contributed by atoms with Crippen LogP contribution >= 0.6 is 0 Å². The van der Waals surface area contributed by atoms with Gasteiger partial charge in [0, 0.05) is 29.9 Å². The van der Waals surface area contributed by atoms with Crippen LogP contribution in [0.25, 0.3) is 17.1 Å². The molecule has 0 aliphatic rings. The van der Waals surface area contributed by atoms with Crippen molar-refractivity contribution >= 4 is 23.1 Å². The zero-order chi connectivity index (χ0) is 27.8. The smallest absolute Gasteiger partial charge is 0.417 e. The fourth-order valence-corrected chi connectivity index (χ4v) is 3.52. The van der Waals surface area contributed by atoms with E-state index in [1.807, 2.05) is 0 Å². The molecule has 196 valence electrons. The molecule has 2 heterocycles. The van der Waals surface area contributed by atoms with E-state index in [0.717, 1.165) is 23.0 Å². The van der Waals surface area contributed by atoms with Crippen LogP contribution < -0.4 is 0 Å². The number of nitriles is 1. The molecule has 0 aliphatic heterocycles. The number of nitrogens with zero attached hydrogens (tertiary/aromatic N) is 3. The zero-order valence-corrected chi connectivity index (χ0v) is 18.5. The maximum atomic E-state index is 13.7. The first kappa shape index (κ1) is 27.6. The van der Waals surface area contributed by atoms with Gasteiger partial charge in [0.15, 0.2) is 0 Å². The van der Waals surface area contributed by atoms with E-state index in [0.29, 0.717) is 18.2 Å². The van der Waals surface area contributed by atoms with Crippen molar-refractivity contribution < 1.29 is 49.0 Å². The van der Waals surface area contributed by atoms with Crippen molar-refractivity contribution in [1.82, 2.24) is 9.55 Å². The van der Waals surface area contributed by atoms with Gasteiger partial charge in [0.25, 0.3) is 0 Å². The van der Waals surface area contributed by atoms with Crippen molar-refractivity contribution in [3.05, 3.63) is 70.0 Å². The number of pyridine rings is 1. The number of hydrogen-bond donors (Lipinski definition) is 0. The fraction of sp³-hybridized carbons (Fsp3) is 0.261. The van der Waals surface area contributed by atoms with Gasteiger partial charge >= 0.3 is 24.5 Å². The van der Waals surface area contributed by atoms with E-state index in [2.05, 4.69) is 9.72 Å². The summed E-state index contributed by atoms with van der Waals surface area (Å²) in [6.07, 6.45) is -12.7. The highest BCUT2D eigenvalue weighted by atomic mass is 19.4. The van der Waals surface area contributed by atoms with Gasteiger partial charge in [-0.1, -0.05) is 0 Å². The Bertz CT molecular complexity index is 1380. The molecule has 14 heteroatoms. The van der Waals surface area contributed by atoms with Gasteiger partial charge in [0.1, 0.15) is 17.3 Å². The molecule has 0 amide bonds. The third-order valence-corrected chi connectivity index (χ3v) is 5.01. The van der Waals surface area contributed by atoms with E-state index in [9.17, 15) is 49.6 Å². The topological polar surface area (TPSA) is 67.9 Å². The molecular formula is C23H14F9N3O2. The van der Waals surface area contributed by atoms with Crippen molar-refractivity contribution in [3.63, 3.8) is 0 Å². The molecule has 0 bridgehead atoms. The van der Waals surface area contributed by atoms with Gasteiger partial charge in [-0.25, -0.2) is 9.78 Å². The van der Waals surface area contributed by atoms with Gasteiger partial charge in [-0.3, -0.25) is 0 Å². The monoisotopic (exact) mass is 535 g/mol. The summed E-state index contributed by atoms with van der Waals surface area (Å²) in [5, 5.41) is 8.65. The zero-order valence-electron chi connectivity index (χ0n) is 18.5. The quantitative estimate of drug-likeness (QED) is 0.160. The minimum atomic E-state index is -5.13. The Kier molecular flexibility index (Phi) is 7.30. The van der Waals surface area contributed by atoms with E-state index in [1.54, 1.807) is 0 Å². The second-order valence-electron chi connectivity index (χ2n) is 7.57. The molecule has 2 aromatic heterocycles. The van der Waals surface area contributed by atoms with Crippen LogP contribution in [-0.4, -0.2) is 22.1 Å². The fourth-order valence-electron chi connectivity index (χ4n) is 3.52. The number of esters is 1. The Morgan fingerprint density at radius 1 is 1.03 bits per heavy atom. The normalized spacial score (nSPS) is 13.1. The average Bonchev–Trinajstić information content (AvgIpc) is 3.12. The summed E-state index contributed by atoms with van der Waals surface area (Å²) < 4.78 is 126. The van der Waals surface area contributed by atoms with Crippen LogP contribution in [0.2, 0.25) is 0 Å². The highest BCUT2D eigenvalue weighted by Gasteiger charge is 2.37. The molecular weight excluding hydrogens is 521 g/mol. The summed E-state index contributed by atoms with van der Waals surface area (Å²) in [6, 6.07) is 2.88. The Balaban J connectivity index is 2.27. The summed E-state index contributed by atoms with van der Waals surface area (Å²) in [6.45, 7) is 0.535. The molecule has 0 atom stereocenters. The van der Waals surface area contributed by atoms with Crippen molar-refractivity contribution in [3.8, 4) is 6.07 Å². The van der Waals surface area contributed by atoms with Crippen LogP contribution in [0.1, 0.15) is 34.7 Å². The number of hydrogen-bond acceptors (Lipinski definition) is 4. The standard InChI is InChI=1S/C23H14F9N3O2/c1-2-37-20(36)13(9-33)7-14-11-35(19-18(14)17(3-4-34-19)23(30,31)32)10-12-5-15(21(24,25)26)8-16(6-12)22(27,28)29/h3-8,11H,2,10H2,1H3/b13-7+. The first-order chi connectivity index (χ1) is 17.1. The predicted molar refractivity (Wildman–Crippen MR) is 111 cm³/mol. The van der Waals surface area contributed by atoms with Gasteiger partial charge < -0.3 is 9.30 Å². The highest BCUT2D eigenvalue weighted by molar-refractivity contribution is 6.01. The van der Waals surface area contributed by atoms with Crippen LogP contribution in [0.3, 0.4) is 0 Å². The van der Waals surface area contributed by atoms with Crippen molar-refractivity contribution in [2.24, 2.45) is 0 Å². The molecule has 0 unspecified atom stereocenters. The molecule has 0 saturated heterocycles. The maximum absolute atomic E-state index is 13.7. The molecule has 0 fully saturated rings. The van der Waals surface area contributed by atoms with Crippen LogP contribution in [0.15, 0.2) is 42.2 Å². The largest absolute Gasteiger partial charge is 0.462 e. The molecule has 37 heavy (non-hydrogen) atoms. The lowest BCUT2D eigenvalue weighted by atomic mass is 10.0. The van der Waals surface area contributed by atoms with Gasteiger partial charge in [-0.15, -0.1) is 0 Å². The summed E-state index contributed by atoms with van der Waals surface area (Å²) in [4.78, 5) is 15.8. The van der Waals surface area contributed by atoms with Crippen LogP contribution in [-0.2, 0) is 34.6 Å². The molecule has 0 radical (unpaired) electrons. The molecule has 0 aliphatic carbocycles. The van der Waals surface area contributed by atoms with Gasteiger partial charge in [0.2, 0.25) is 0 Å². The Hall–Kier alpha value is -4.02. The SMILES string of the molecule is CCOC(=O)/C(C#N)=C/c1cn(Cc2cc(C(F)(F)F)cc(C(F)(F)F)c2)c2nccc(C(F)(F)F)c12. The number of ether oxygens (including phenoxy) is 1. The van der Waals surface area contributed by atoms with Gasteiger partial charge in [0.05, 0.1) is 23.3 Å². The molecule has 0 saturated carbocycles. The summed E-state index contributed by atoms with van der Waals surface area (Å²) >= 11 is 0. The Morgan fingerprint density at radius 2 is 1.62 bits per heavy atom. The number of fused-ring (bicyclic) bond motifs is 1. The Labute approximate surface area is 202 Å². The lowest BCUT2D eigenvalue weighted by molar-refractivity contribution is -0.143. The summed E-state index contributed by atoms with van der Waals surface area (Å²) in [7, 11) is 0. The minimum absolute atomic E-state index is 0.0794. The predicted octanol–water partition coefficient (Wildman–Crippen LogP) is 6.61. The van der Waals surface area contributed by atoms with Crippen LogP contribution in [0.5, 0.6) is 0 Å². The highest BCUT2D eigenvalue weighted by Crippen LogP contribution is 2.39. The first-order valence-electron chi connectivity index (χ1n) is 10.2. The molecule has 0 N–H and O–H groups in total. The van der Waals surface area contributed by atoms with E-state index in [1.165, 1.54) is 13.0 Å². The number of carbonyl (C=O) groups excluding carboxylic acids is 1. The van der Waals surface area contributed by atoms with Crippen molar-refractivity contribution in [1.29, 1.82) is 5.26 Å². The average molecular weight is 535 g/mol. The number of rotatable bonds is 5. The van der Waals surface area contributed by atoms with Crippen LogP contribution in [0.4, 0.5) is 39.5 Å². The second-order valence-corrected chi connectivity index (χ2v) is 7.57. The molecule has 3 aromatic rings. The molecule has 0 spiro atoms. The minimum Gasteiger partial charge on any atom is -0.462 e. The number of halogens is 9. The van der Waals surface area contributed by atoms with Gasteiger partial charge in [-0.05, 0) is 42.8 Å².